The van der Waals surface area contributed by atoms with E-state index in [0.717, 1.165) is 28.8 Å². The molecule has 1 nitrogen and oxygen atoms in total. The number of rotatable bonds is 3. The third-order valence-electron chi connectivity index (χ3n) is 3.31. The Balaban J connectivity index is 2.22. The Morgan fingerprint density at radius 3 is 2.19 bits per heavy atom. The second kappa shape index (κ2) is 5.90. The molecule has 0 aliphatic carbocycles. The molecule has 0 spiro atoms. The Kier molecular flexibility index (Phi) is 4.37. The molecule has 1 unspecified atom stereocenters. The molecule has 21 heavy (non-hydrogen) atoms. The fraction of sp³-hybridized carbons (Fsp3) is 0.294. The maximum absolute atomic E-state index is 12.7. The van der Waals surface area contributed by atoms with E-state index in [1.165, 1.54) is 12.1 Å². The lowest BCUT2D eigenvalue weighted by Crippen LogP contribution is -2.08. The van der Waals surface area contributed by atoms with Crippen molar-refractivity contribution in [3.05, 3.63) is 70.3 Å². The van der Waals surface area contributed by atoms with Crippen LogP contribution in [-0.2, 0) is 12.6 Å². The van der Waals surface area contributed by atoms with Crippen LogP contribution in [0.4, 0.5) is 13.2 Å². The third-order valence-corrected chi connectivity index (χ3v) is 3.31. The summed E-state index contributed by atoms with van der Waals surface area (Å²) in [6.45, 7) is 3.90. The van der Waals surface area contributed by atoms with E-state index in [1.807, 2.05) is 32.0 Å². The van der Waals surface area contributed by atoms with Gasteiger partial charge in [0.2, 0.25) is 0 Å². The highest BCUT2D eigenvalue weighted by Gasteiger charge is 2.30. The van der Waals surface area contributed by atoms with Crippen molar-refractivity contribution in [3.63, 3.8) is 0 Å². The monoisotopic (exact) mass is 294 g/mol. The lowest BCUT2D eigenvalue weighted by atomic mass is 9.97. The van der Waals surface area contributed by atoms with Gasteiger partial charge in [0.1, 0.15) is 0 Å². The number of aliphatic hydroxyl groups is 1. The van der Waals surface area contributed by atoms with E-state index < -0.39 is 17.8 Å². The van der Waals surface area contributed by atoms with Crippen molar-refractivity contribution in [2.75, 3.05) is 0 Å². The van der Waals surface area contributed by atoms with Gasteiger partial charge in [-0.25, -0.2) is 0 Å². The summed E-state index contributed by atoms with van der Waals surface area (Å²) in [6.07, 6.45) is -5.05. The van der Waals surface area contributed by atoms with Gasteiger partial charge in [0, 0.05) is 6.42 Å². The SMILES string of the molecule is Cc1cc(C)cc(CC(O)c2cccc(C(F)(F)F)c2)c1. The van der Waals surface area contributed by atoms with Gasteiger partial charge in [-0.1, -0.05) is 41.5 Å². The Morgan fingerprint density at radius 1 is 1.00 bits per heavy atom. The van der Waals surface area contributed by atoms with E-state index in [1.54, 1.807) is 0 Å². The molecule has 0 heterocycles. The van der Waals surface area contributed by atoms with Gasteiger partial charge in [0.05, 0.1) is 11.7 Å². The van der Waals surface area contributed by atoms with E-state index >= 15 is 0 Å². The smallest absolute Gasteiger partial charge is 0.388 e. The van der Waals surface area contributed by atoms with E-state index in [-0.39, 0.29) is 5.56 Å². The molecule has 2 aromatic carbocycles. The summed E-state index contributed by atoms with van der Waals surface area (Å²) in [4.78, 5) is 0. The zero-order valence-electron chi connectivity index (χ0n) is 11.9. The highest BCUT2D eigenvalue weighted by Crippen LogP contribution is 2.31. The third kappa shape index (κ3) is 4.08. The molecule has 0 aliphatic heterocycles. The number of alkyl halides is 3. The first-order chi connectivity index (χ1) is 9.75. The average molecular weight is 294 g/mol. The van der Waals surface area contributed by atoms with Crippen LogP contribution in [0.1, 0.15) is 33.9 Å². The van der Waals surface area contributed by atoms with Crippen molar-refractivity contribution in [2.45, 2.75) is 32.5 Å². The van der Waals surface area contributed by atoms with Crippen LogP contribution in [0.2, 0.25) is 0 Å². The molecular weight excluding hydrogens is 277 g/mol. The zero-order valence-corrected chi connectivity index (χ0v) is 11.9. The Hall–Kier alpha value is -1.81. The normalized spacial score (nSPS) is 13.2. The van der Waals surface area contributed by atoms with Crippen LogP contribution in [0.15, 0.2) is 42.5 Å². The summed E-state index contributed by atoms with van der Waals surface area (Å²) < 4.78 is 38.0. The minimum absolute atomic E-state index is 0.281. The van der Waals surface area contributed by atoms with Crippen LogP contribution in [0.5, 0.6) is 0 Å². The standard InChI is InChI=1S/C17H17F3O/c1-11-6-12(2)8-13(7-11)9-16(21)14-4-3-5-15(10-14)17(18,19)20/h3-8,10,16,21H,9H2,1-2H3. The first kappa shape index (κ1) is 15.6. The van der Waals surface area contributed by atoms with Crippen molar-refractivity contribution in [3.8, 4) is 0 Å². The minimum Gasteiger partial charge on any atom is -0.388 e. The summed E-state index contributed by atoms with van der Waals surface area (Å²) in [7, 11) is 0. The molecule has 112 valence electrons. The quantitative estimate of drug-likeness (QED) is 0.877. The fourth-order valence-electron chi connectivity index (χ4n) is 2.45. The van der Waals surface area contributed by atoms with Crippen LogP contribution >= 0.6 is 0 Å². The van der Waals surface area contributed by atoms with E-state index in [0.29, 0.717) is 6.42 Å². The van der Waals surface area contributed by atoms with Gasteiger partial charge in [-0.3, -0.25) is 0 Å². The average Bonchev–Trinajstić information content (AvgIpc) is 2.36. The molecule has 0 bridgehead atoms. The van der Waals surface area contributed by atoms with Crippen molar-refractivity contribution in [1.82, 2.24) is 0 Å². The highest BCUT2D eigenvalue weighted by atomic mass is 19.4. The number of aliphatic hydroxyl groups excluding tert-OH is 1. The van der Waals surface area contributed by atoms with Crippen molar-refractivity contribution < 1.29 is 18.3 Å². The van der Waals surface area contributed by atoms with Crippen LogP contribution in [-0.4, -0.2) is 5.11 Å². The molecule has 2 aromatic rings. The van der Waals surface area contributed by atoms with Crippen LogP contribution in [0.25, 0.3) is 0 Å². The topological polar surface area (TPSA) is 20.2 Å². The van der Waals surface area contributed by atoms with Crippen LogP contribution < -0.4 is 0 Å². The van der Waals surface area contributed by atoms with Gasteiger partial charge in [-0.05, 0) is 37.1 Å². The minimum atomic E-state index is -4.39. The number of hydrogen-bond acceptors (Lipinski definition) is 1. The van der Waals surface area contributed by atoms with Crippen molar-refractivity contribution in [1.29, 1.82) is 0 Å². The maximum Gasteiger partial charge on any atom is 0.416 e. The van der Waals surface area contributed by atoms with E-state index in [4.69, 9.17) is 0 Å². The molecule has 0 saturated carbocycles. The highest BCUT2D eigenvalue weighted by molar-refractivity contribution is 5.32. The van der Waals surface area contributed by atoms with Crippen LogP contribution in [0, 0.1) is 13.8 Å². The molecule has 0 saturated heterocycles. The van der Waals surface area contributed by atoms with Gasteiger partial charge in [0.25, 0.3) is 0 Å². The molecule has 0 amide bonds. The Bertz CT molecular complexity index is 612. The summed E-state index contributed by atoms with van der Waals surface area (Å²) in [5.41, 5.74) is 2.60. The summed E-state index contributed by atoms with van der Waals surface area (Å²) in [5, 5.41) is 10.2. The number of hydrogen-bond donors (Lipinski definition) is 1. The molecule has 1 N–H and O–H groups in total. The van der Waals surface area contributed by atoms with Crippen LogP contribution in [0.3, 0.4) is 0 Å². The lowest BCUT2D eigenvalue weighted by Gasteiger charge is -2.14. The molecule has 0 aliphatic rings. The molecule has 1 atom stereocenters. The molecule has 0 fully saturated rings. The summed E-state index contributed by atoms with van der Waals surface area (Å²) in [6, 6.07) is 10.7. The first-order valence-corrected chi connectivity index (χ1v) is 6.68. The molecule has 0 radical (unpaired) electrons. The van der Waals surface area contributed by atoms with E-state index in [2.05, 4.69) is 0 Å². The van der Waals surface area contributed by atoms with Gasteiger partial charge in [0.15, 0.2) is 0 Å². The number of aryl methyl sites for hydroxylation is 2. The van der Waals surface area contributed by atoms with Gasteiger partial charge in [-0.2, -0.15) is 13.2 Å². The molecule has 0 aromatic heterocycles. The maximum atomic E-state index is 12.7. The Labute approximate surface area is 122 Å². The van der Waals surface area contributed by atoms with E-state index in [9.17, 15) is 18.3 Å². The zero-order chi connectivity index (χ0) is 15.6. The second-order valence-corrected chi connectivity index (χ2v) is 5.34. The first-order valence-electron chi connectivity index (χ1n) is 6.68. The van der Waals surface area contributed by atoms with Crippen molar-refractivity contribution >= 4 is 0 Å². The number of benzene rings is 2. The van der Waals surface area contributed by atoms with Gasteiger partial charge in [-0.15, -0.1) is 0 Å². The molecule has 4 heteroatoms. The Morgan fingerprint density at radius 2 is 1.62 bits per heavy atom. The number of halogens is 3. The predicted molar refractivity (Wildman–Crippen MR) is 76.0 cm³/mol. The van der Waals surface area contributed by atoms with Gasteiger partial charge >= 0.3 is 6.18 Å². The lowest BCUT2D eigenvalue weighted by molar-refractivity contribution is -0.137. The largest absolute Gasteiger partial charge is 0.416 e. The summed E-state index contributed by atoms with van der Waals surface area (Å²) in [5.74, 6) is 0. The molecule has 2 rings (SSSR count). The van der Waals surface area contributed by atoms with Gasteiger partial charge < -0.3 is 5.11 Å². The molecular formula is C17H17F3O. The predicted octanol–water partition coefficient (Wildman–Crippen LogP) is 4.60. The fourth-order valence-corrected chi connectivity index (χ4v) is 2.45. The summed E-state index contributed by atoms with van der Waals surface area (Å²) >= 11 is 0. The van der Waals surface area contributed by atoms with Crippen molar-refractivity contribution in [2.24, 2.45) is 0 Å². The second-order valence-electron chi connectivity index (χ2n) is 5.34.